The third-order valence-corrected chi connectivity index (χ3v) is 3.53. The van der Waals surface area contributed by atoms with Crippen LogP contribution in [-0.2, 0) is 4.79 Å². The summed E-state index contributed by atoms with van der Waals surface area (Å²) in [6.07, 6.45) is 5.17. The first-order chi connectivity index (χ1) is 10.2. The van der Waals surface area contributed by atoms with Crippen molar-refractivity contribution in [2.45, 2.75) is 0 Å². The van der Waals surface area contributed by atoms with Gasteiger partial charge >= 0.3 is 0 Å². The van der Waals surface area contributed by atoms with E-state index in [4.69, 9.17) is 0 Å². The quantitative estimate of drug-likeness (QED) is 0.672. The molecule has 1 aliphatic rings. The maximum atomic E-state index is 13.2. The van der Waals surface area contributed by atoms with Crippen LogP contribution in [-0.4, -0.2) is 15.9 Å². The number of aromatic nitrogens is 2. The third-order valence-electron chi connectivity index (χ3n) is 3.53. The normalized spacial score (nSPS) is 15.5. The first-order valence-electron chi connectivity index (χ1n) is 6.47. The number of hydrogen-bond donors (Lipinski definition) is 2. The van der Waals surface area contributed by atoms with Crippen molar-refractivity contribution in [3.8, 4) is 0 Å². The summed E-state index contributed by atoms with van der Waals surface area (Å²) in [6, 6.07) is 8.11. The molecule has 0 bridgehead atoms. The maximum absolute atomic E-state index is 13.2. The molecule has 2 N–H and O–H groups in total. The molecule has 21 heavy (non-hydrogen) atoms. The molecule has 5 heteroatoms. The van der Waals surface area contributed by atoms with Gasteiger partial charge in [0.05, 0.1) is 17.0 Å². The molecule has 0 radical (unpaired) electrons. The summed E-state index contributed by atoms with van der Waals surface area (Å²) in [5, 5.41) is 3.64. The van der Waals surface area contributed by atoms with Crippen LogP contribution in [0.15, 0.2) is 42.7 Å². The number of rotatable bonds is 1. The number of pyridine rings is 1. The van der Waals surface area contributed by atoms with Crippen LogP contribution < -0.4 is 5.32 Å². The average Bonchev–Trinajstić information content (AvgIpc) is 3.01. The third kappa shape index (κ3) is 1.82. The molecule has 102 valence electrons. The average molecular weight is 279 g/mol. The fraction of sp³-hybridized carbons (Fsp3) is 0. The molecule has 3 aromatic rings. The fourth-order valence-electron chi connectivity index (χ4n) is 2.55. The molecule has 0 unspecified atom stereocenters. The van der Waals surface area contributed by atoms with Crippen molar-refractivity contribution in [2.75, 3.05) is 5.32 Å². The molecule has 3 heterocycles. The van der Waals surface area contributed by atoms with Crippen LogP contribution in [0, 0.1) is 5.82 Å². The Balaban J connectivity index is 1.89. The highest BCUT2D eigenvalue weighted by Gasteiger charge is 2.25. The lowest BCUT2D eigenvalue weighted by molar-refractivity contribution is -0.110. The zero-order valence-electron chi connectivity index (χ0n) is 10.9. The van der Waals surface area contributed by atoms with Crippen LogP contribution >= 0.6 is 0 Å². The molecule has 0 atom stereocenters. The van der Waals surface area contributed by atoms with Gasteiger partial charge in [-0.3, -0.25) is 9.78 Å². The standard InChI is InChI=1S/C16H10FN3O/c17-10-3-4-11-9(8-19-14(11)7-10)6-12-15-13(20-16(12)21)2-1-5-18-15/h1-8,19H,(H,20,21)/b12-6+. The summed E-state index contributed by atoms with van der Waals surface area (Å²) < 4.78 is 13.2. The lowest BCUT2D eigenvalue weighted by Gasteiger charge is -1.96. The van der Waals surface area contributed by atoms with E-state index in [1.165, 1.54) is 12.1 Å². The number of nitrogens with zero attached hydrogens (tertiary/aromatic N) is 1. The van der Waals surface area contributed by atoms with Crippen LogP contribution in [0.3, 0.4) is 0 Å². The minimum atomic E-state index is -0.297. The zero-order valence-corrected chi connectivity index (χ0v) is 10.9. The topological polar surface area (TPSA) is 57.8 Å². The number of halogens is 1. The molecule has 0 fully saturated rings. The summed E-state index contributed by atoms with van der Waals surface area (Å²) in [7, 11) is 0. The lowest BCUT2D eigenvalue weighted by Crippen LogP contribution is -2.03. The predicted octanol–water partition coefficient (Wildman–Crippen LogP) is 3.19. The minimum Gasteiger partial charge on any atom is -0.360 e. The molecule has 4 rings (SSSR count). The Morgan fingerprint density at radius 2 is 2.14 bits per heavy atom. The van der Waals surface area contributed by atoms with Gasteiger partial charge in [-0.2, -0.15) is 0 Å². The van der Waals surface area contributed by atoms with E-state index in [1.54, 1.807) is 30.6 Å². The van der Waals surface area contributed by atoms with Gasteiger partial charge in [-0.25, -0.2) is 4.39 Å². The van der Waals surface area contributed by atoms with Crippen LogP contribution in [0.2, 0.25) is 0 Å². The number of anilines is 1. The highest BCUT2D eigenvalue weighted by Crippen LogP contribution is 2.32. The summed E-state index contributed by atoms with van der Waals surface area (Å²) in [5.74, 6) is -0.477. The minimum absolute atomic E-state index is 0.180. The number of benzene rings is 1. The van der Waals surface area contributed by atoms with Crippen molar-refractivity contribution in [3.05, 3.63) is 59.8 Å². The van der Waals surface area contributed by atoms with Gasteiger partial charge in [0.15, 0.2) is 0 Å². The number of fused-ring (bicyclic) bond motifs is 2. The molecule has 4 nitrogen and oxygen atoms in total. The molecular weight excluding hydrogens is 269 g/mol. The van der Waals surface area contributed by atoms with Gasteiger partial charge in [0.25, 0.3) is 5.91 Å². The van der Waals surface area contributed by atoms with Crippen molar-refractivity contribution in [2.24, 2.45) is 0 Å². The Bertz CT molecular complexity index is 911. The first-order valence-corrected chi connectivity index (χ1v) is 6.47. The van der Waals surface area contributed by atoms with Crippen molar-refractivity contribution >= 4 is 34.1 Å². The Kier molecular flexibility index (Phi) is 2.41. The Morgan fingerprint density at radius 1 is 1.24 bits per heavy atom. The number of aromatic amines is 1. The molecule has 0 spiro atoms. The Hall–Kier alpha value is -2.95. The second-order valence-corrected chi connectivity index (χ2v) is 4.85. The van der Waals surface area contributed by atoms with Gasteiger partial charge in [-0.15, -0.1) is 0 Å². The molecule has 0 saturated heterocycles. The fourth-order valence-corrected chi connectivity index (χ4v) is 2.55. The highest BCUT2D eigenvalue weighted by atomic mass is 19.1. The second-order valence-electron chi connectivity index (χ2n) is 4.85. The van der Waals surface area contributed by atoms with Gasteiger partial charge < -0.3 is 10.3 Å². The summed E-state index contributed by atoms with van der Waals surface area (Å²) in [5.41, 5.74) is 3.38. The number of amides is 1. The van der Waals surface area contributed by atoms with Gasteiger partial charge in [-0.05, 0) is 36.4 Å². The van der Waals surface area contributed by atoms with E-state index >= 15 is 0 Å². The number of carbonyl (C=O) groups excluding carboxylic acids is 1. The predicted molar refractivity (Wildman–Crippen MR) is 79.0 cm³/mol. The van der Waals surface area contributed by atoms with Gasteiger partial charge in [0, 0.05) is 28.9 Å². The number of H-pyrrole nitrogens is 1. The second kappa shape index (κ2) is 4.28. The first kappa shape index (κ1) is 11.8. The van der Waals surface area contributed by atoms with Crippen molar-refractivity contribution in [1.82, 2.24) is 9.97 Å². The van der Waals surface area contributed by atoms with E-state index in [-0.39, 0.29) is 11.7 Å². The largest absolute Gasteiger partial charge is 0.360 e. The Labute approximate surface area is 119 Å². The van der Waals surface area contributed by atoms with E-state index in [9.17, 15) is 9.18 Å². The molecule has 0 aliphatic carbocycles. The zero-order chi connectivity index (χ0) is 14.4. The molecule has 0 saturated carbocycles. The SMILES string of the molecule is O=C1Nc2cccnc2/C1=C\c1c[nH]c2cc(F)ccc12. The van der Waals surface area contributed by atoms with Crippen molar-refractivity contribution < 1.29 is 9.18 Å². The number of hydrogen-bond acceptors (Lipinski definition) is 2. The summed E-state index contributed by atoms with van der Waals surface area (Å²) >= 11 is 0. The van der Waals surface area contributed by atoms with E-state index in [2.05, 4.69) is 15.3 Å². The van der Waals surface area contributed by atoms with Gasteiger partial charge in [-0.1, -0.05) is 0 Å². The van der Waals surface area contributed by atoms with Gasteiger partial charge in [0.1, 0.15) is 5.82 Å². The lowest BCUT2D eigenvalue weighted by atomic mass is 10.1. The number of carbonyl (C=O) groups is 1. The van der Waals surface area contributed by atoms with Crippen LogP contribution in [0.4, 0.5) is 10.1 Å². The van der Waals surface area contributed by atoms with E-state index < -0.39 is 0 Å². The van der Waals surface area contributed by atoms with Crippen molar-refractivity contribution in [1.29, 1.82) is 0 Å². The maximum Gasteiger partial charge on any atom is 0.258 e. The van der Waals surface area contributed by atoms with E-state index in [0.29, 0.717) is 22.5 Å². The molecular formula is C16H10FN3O. The van der Waals surface area contributed by atoms with E-state index in [0.717, 1.165) is 10.9 Å². The van der Waals surface area contributed by atoms with Crippen LogP contribution in [0.5, 0.6) is 0 Å². The van der Waals surface area contributed by atoms with Crippen LogP contribution in [0.1, 0.15) is 11.3 Å². The molecule has 1 amide bonds. The van der Waals surface area contributed by atoms with Gasteiger partial charge in [0.2, 0.25) is 0 Å². The summed E-state index contributed by atoms with van der Waals surface area (Å²) in [6.45, 7) is 0. The molecule has 1 aromatic carbocycles. The smallest absolute Gasteiger partial charge is 0.258 e. The van der Waals surface area contributed by atoms with E-state index in [1.807, 2.05) is 6.07 Å². The summed E-state index contributed by atoms with van der Waals surface area (Å²) in [4.78, 5) is 19.3. The Morgan fingerprint density at radius 3 is 3.05 bits per heavy atom. The van der Waals surface area contributed by atoms with Crippen molar-refractivity contribution in [3.63, 3.8) is 0 Å². The highest BCUT2D eigenvalue weighted by molar-refractivity contribution is 6.34. The molecule has 2 aromatic heterocycles. The molecule has 1 aliphatic heterocycles. The van der Waals surface area contributed by atoms with Crippen LogP contribution in [0.25, 0.3) is 22.6 Å². The monoisotopic (exact) mass is 279 g/mol. The number of nitrogens with one attached hydrogen (secondary N) is 2.